The molecule has 1 aliphatic rings. The van der Waals surface area contributed by atoms with Gasteiger partial charge in [-0.05, 0) is 48.7 Å². The van der Waals surface area contributed by atoms with Gasteiger partial charge in [-0.2, -0.15) is 0 Å². The van der Waals surface area contributed by atoms with Gasteiger partial charge in [-0.25, -0.2) is 4.79 Å². The molecule has 0 bridgehead atoms. The molecule has 0 radical (unpaired) electrons. The monoisotopic (exact) mass is 381 g/mol. The molecule has 3 heterocycles. The fraction of sp³-hybridized carbons (Fsp3) is 0.350. The number of hydrogen-bond acceptors (Lipinski definition) is 5. The van der Waals surface area contributed by atoms with Crippen molar-refractivity contribution in [2.24, 2.45) is 0 Å². The highest BCUT2D eigenvalue weighted by Gasteiger charge is 2.25. The van der Waals surface area contributed by atoms with Gasteiger partial charge < -0.3 is 19.7 Å². The van der Waals surface area contributed by atoms with Gasteiger partial charge in [0.05, 0.1) is 20.3 Å². The van der Waals surface area contributed by atoms with E-state index in [4.69, 9.17) is 9.47 Å². The Hall–Kier alpha value is -3.29. The first kappa shape index (κ1) is 18.1. The van der Waals surface area contributed by atoms with Gasteiger partial charge in [0.15, 0.2) is 23.0 Å². The number of carbonyl (C=O) groups excluding carboxylic acids is 1. The molecule has 1 N–H and O–H groups in total. The predicted octanol–water partition coefficient (Wildman–Crippen LogP) is 2.58. The molecule has 28 heavy (non-hydrogen) atoms. The molecule has 0 aliphatic carbocycles. The zero-order valence-electron chi connectivity index (χ0n) is 16.2. The Labute approximate surface area is 163 Å². The molecule has 0 spiro atoms. The average Bonchev–Trinajstić information content (AvgIpc) is 3.16. The molecule has 2 aromatic heterocycles. The number of fused-ring (bicyclic) bond motifs is 2. The van der Waals surface area contributed by atoms with Crippen LogP contribution in [0.1, 0.15) is 29.9 Å². The molecule has 1 unspecified atom stereocenters. The minimum absolute atomic E-state index is 0.124. The molecule has 3 aromatic rings. The van der Waals surface area contributed by atoms with Gasteiger partial charge in [-0.3, -0.25) is 4.40 Å². The van der Waals surface area contributed by atoms with Crippen molar-refractivity contribution in [2.45, 2.75) is 25.9 Å². The summed E-state index contributed by atoms with van der Waals surface area (Å²) in [5, 5.41) is 11.4. The molecule has 8 heteroatoms. The van der Waals surface area contributed by atoms with E-state index < -0.39 is 0 Å². The van der Waals surface area contributed by atoms with E-state index in [-0.39, 0.29) is 12.1 Å². The lowest BCUT2D eigenvalue weighted by molar-refractivity contribution is 0.188. The van der Waals surface area contributed by atoms with Crippen molar-refractivity contribution in [1.29, 1.82) is 0 Å². The third kappa shape index (κ3) is 3.21. The van der Waals surface area contributed by atoms with Gasteiger partial charge in [0.25, 0.3) is 0 Å². The van der Waals surface area contributed by atoms with E-state index in [0.717, 1.165) is 17.6 Å². The summed E-state index contributed by atoms with van der Waals surface area (Å²) in [6.07, 6.45) is 2.66. The Bertz CT molecular complexity index is 1020. The summed E-state index contributed by atoms with van der Waals surface area (Å²) < 4.78 is 12.6. The van der Waals surface area contributed by atoms with Gasteiger partial charge in [0.2, 0.25) is 0 Å². The van der Waals surface area contributed by atoms with Gasteiger partial charge in [0, 0.05) is 19.3 Å². The molecule has 1 aromatic carbocycles. The molecule has 8 nitrogen and oxygen atoms in total. The number of ether oxygens (including phenoxy) is 2. The van der Waals surface area contributed by atoms with E-state index in [1.807, 2.05) is 47.9 Å². The molecule has 0 saturated carbocycles. The summed E-state index contributed by atoms with van der Waals surface area (Å²) >= 11 is 0. The van der Waals surface area contributed by atoms with Crippen molar-refractivity contribution in [2.75, 3.05) is 20.8 Å². The average molecular weight is 381 g/mol. The van der Waals surface area contributed by atoms with E-state index in [1.54, 1.807) is 19.1 Å². The zero-order valence-corrected chi connectivity index (χ0v) is 16.2. The van der Waals surface area contributed by atoms with E-state index >= 15 is 0 Å². The van der Waals surface area contributed by atoms with Gasteiger partial charge in [-0.15, -0.1) is 10.2 Å². The topological polar surface area (TPSA) is 81.0 Å². The van der Waals surface area contributed by atoms with E-state index in [9.17, 15) is 4.79 Å². The van der Waals surface area contributed by atoms with Crippen LogP contribution < -0.4 is 14.8 Å². The molecule has 146 valence electrons. The highest BCUT2D eigenvalue weighted by molar-refractivity contribution is 5.75. The largest absolute Gasteiger partial charge is 0.493 e. The lowest BCUT2D eigenvalue weighted by Gasteiger charge is -2.30. The Morgan fingerprint density at radius 3 is 2.64 bits per heavy atom. The second-order valence-corrected chi connectivity index (χ2v) is 6.81. The zero-order chi connectivity index (χ0) is 19.7. The number of benzene rings is 1. The third-order valence-electron chi connectivity index (χ3n) is 5.07. The van der Waals surface area contributed by atoms with Crippen LogP contribution in [-0.2, 0) is 13.0 Å². The predicted molar refractivity (Wildman–Crippen MR) is 104 cm³/mol. The molecule has 1 atom stereocenters. The summed E-state index contributed by atoms with van der Waals surface area (Å²) in [6.45, 7) is 3.07. The van der Waals surface area contributed by atoms with Crippen LogP contribution in [0, 0.1) is 0 Å². The van der Waals surface area contributed by atoms with Crippen LogP contribution in [0.15, 0.2) is 36.5 Å². The van der Waals surface area contributed by atoms with Crippen LogP contribution in [0.5, 0.6) is 11.5 Å². The lowest BCUT2D eigenvalue weighted by atomic mass is 9.99. The summed E-state index contributed by atoms with van der Waals surface area (Å²) in [7, 11) is 3.24. The van der Waals surface area contributed by atoms with Crippen molar-refractivity contribution in [3.05, 3.63) is 53.5 Å². The highest BCUT2D eigenvalue weighted by Crippen LogP contribution is 2.33. The third-order valence-corrected chi connectivity index (χ3v) is 5.07. The molecule has 1 aliphatic heterocycles. The number of urea groups is 1. The maximum absolute atomic E-state index is 12.8. The van der Waals surface area contributed by atoms with Crippen LogP contribution in [0.2, 0.25) is 0 Å². The Morgan fingerprint density at radius 2 is 1.89 bits per heavy atom. The number of rotatable bonds is 4. The standard InChI is InChI=1S/C20H23N5O3/c1-13(19-23-22-18-6-4-5-8-25(18)19)21-20(26)24-9-7-14-10-16(27-2)17(28-3)11-15(14)12-24/h4-6,8,10-11,13H,7,9,12H2,1-3H3,(H,21,26). The van der Waals surface area contributed by atoms with Gasteiger partial charge in [-0.1, -0.05) is 6.07 Å². The fourth-order valence-electron chi connectivity index (χ4n) is 3.55. The molecule has 4 rings (SSSR count). The van der Waals surface area contributed by atoms with Crippen molar-refractivity contribution in [1.82, 2.24) is 24.8 Å². The molecule has 0 saturated heterocycles. The lowest BCUT2D eigenvalue weighted by Crippen LogP contribution is -2.43. The van der Waals surface area contributed by atoms with Gasteiger partial charge in [0.1, 0.15) is 0 Å². The summed E-state index contributed by atoms with van der Waals surface area (Å²) in [6, 6.07) is 9.26. The van der Waals surface area contributed by atoms with Crippen molar-refractivity contribution in [3.8, 4) is 11.5 Å². The fourth-order valence-corrected chi connectivity index (χ4v) is 3.55. The molecular formula is C20H23N5O3. The highest BCUT2D eigenvalue weighted by atomic mass is 16.5. The van der Waals surface area contributed by atoms with E-state index in [0.29, 0.717) is 30.4 Å². The molecule has 0 fully saturated rings. The Morgan fingerprint density at radius 1 is 1.14 bits per heavy atom. The second-order valence-electron chi connectivity index (χ2n) is 6.81. The number of nitrogens with zero attached hydrogens (tertiary/aromatic N) is 4. The number of methoxy groups -OCH3 is 2. The summed E-state index contributed by atoms with van der Waals surface area (Å²) in [5.41, 5.74) is 3.00. The first-order valence-corrected chi connectivity index (χ1v) is 9.19. The first-order valence-electron chi connectivity index (χ1n) is 9.19. The maximum Gasteiger partial charge on any atom is 0.318 e. The summed E-state index contributed by atoms with van der Waals surface area (Å²) in [4.78, 5) is 14.6. The molecule has 2 amide bonds. The van der Waals surface area contributed by atoms with Crippen molar-refractivity contribution in [3.63, 3.8) is 0 Å². The summed E-state index contributed by atoms with van der Waals surface area (Å²) in [5.74, 6) is 2.09. The number of nitrogens with one attached hydrogen (secondary N) is 1. The Kier molecular flexibility index (Phi) is 4.77. The van der Waals surface area contributed by atoms with Crippen molar-refractivity contribution < 1.29 is 14.3 Å². The smallest absolute Gasteiger partial charge is 0.318 e. The number of carbonyl (C=O) groups is 1. The van der Waals surface area contributed by atoms with Crippen molar-refractivity contribution >= 4 is 11.7 Å². The van der Waals surface area contributed by atoms with Crippen LogP contribution in [0.25, 0.3) is 5.65 Å². The SMILES string of the molecule is COc1cc2c(cc1OC)CN(C(=O)NC(C)c1nnc3ccccn13)CC2. The quantitative estimate of drug-likeness (QED) is 0.751. The maximum atomic E-state index is 12.8. The minimum atomic E-state index is -0.267. The normalized spacial score (nSPS) is 14.5. The van der Waals surface area contributed by atoms with Crippen LogP contribution in [-0.4, -0.2) is 46.3 Å². The number of aromatic nitrogens is 3. The van der Waals surface area contributed by atoms with Crippen LogP contribution >= 0.6 is 0 Å². The van der Waals surface area contributed by atoms with Gasteiger partial charge >= 0.3 is 6.03 Å². The molecular weight excluding hydrogens is 358 g/mol. The number of amides is 2. The second kappa shape index (κ2) is 7.38. The van der Waals surface area contributed by atoms with E-state index in [2.05, 4.69) is 15.5 Å². The Balaban J connectivity index is 1.49. The minimum Gasteiger partial charge on any atom is -0.493 e. The number of hydrogen-bond donors (Lipinski definition) is 1. The first-order chi connectivity index (χ1) is 13.6. The van der Waals surface area contributed by atoms with Crippen LogP contribution in [0.3, 0.4) is 0 Å². The van der Waals surface area contributed by atoms with Crippen LogP contribution in [0.4, 0.5) is 4.79 Å². The van der Waals surface area contributed by atoms with E-state index in [1.165, 1.54) is 5.56 Å². The number of pyridine rings is 1.